The highest BCUT2D eigenvalue weighted by molar-refractivity contribution is 5.96. The van der Waals surface area contributed by atoms with E-state index in [4.69, 9.17) is 9.73 Å². The monoisotopic (exact) mass is 457 g/mol. The zero-order valence-electron chi connectivity index (χ0n) is 18.5. The first-order chi connectivity index (χ1) is 15.8. The van der Waals surface area contributed by atoms with E-state index in [0.29, 0.717) is 35.3 Å². The fourth-order valence-corrected chi connectivity index (χ4v) is 3.93. The average Bonchev–Trinajstić information content (AvgIpc) is 3.63. The minimum atomic E-state index is -4.43. The number of methoxy groups -OCH3 is 1. The molecule has 0 spiro atoms. The van der Waals surface area contributed by atoms with Gasteiger partial charge < -0.3 is 15.0 Å². The van der Waals surface area contributed by atoms with Gasteiger partial charge in [-0.05, 0) is 48.9 Å². The summed E-state index contributed by atoms with van der Waals surface area (Å²) in [7, 11) is 1.32. The van der Waals surface area contributed by atoms with Gasteiger partial charge in [-0.3, -0.25) is 4.99 Å². The number of aliphatic imine (C=N–C) groups is 1. The van der Waals surface area contributed by atoms with Crippen molar-refractivity contribution in [3.8, 4) is 0 Å². The summed E-state index contributed by atoms with van der Waals surface area (Å²) in [5.74, 6) is 0.568. The van der Waals surface area contributed by atoms with Gasteiger partial charge in [0.2, 0.25) is 0 Å². The summed E-state index contributed by atoms with van der Waals surface area (Å²) < 4.78 is 44.8. The molecule has 1 N–H and O–H groups in total. The minimum Gasteiger partial charge on any atom is -0.466 e. The first-order valence-electron chi connectivity index (χ1n) is 10.9. The van der Waals surface area contributed by atoms with Gasteiger partial charge in [-0.25, -0.2) is 4.79 Å². The van der Waals surface area contributed by atoms with Crippen molar-refractivity contribution < 1.29 is 22.7 Å². The summed E-state index contributed by atoms with van der Waals surface area (Å²) in [6.07, 6.45) is -2.19. The van der Waals surface area contributed by atoms with E-state index in [9.17, 15) is 18.0 Å². The van der Waals surface area contributed by atoms with Crippen molar-refractivity contribution in [3.05, 3.63) is 82.6 Å². The Labute approximate surface area is 191 Å². The maximum Gasteiger partial charge on any atom is 0.416 e. The van der Waals surface area contributed by atoms with Gasteiger partial charge in [-0.1, -0.05) is 42.5 Å². The first-order valence-corrected chi connectivity index (χ1v) is 10.9. The number of guanidine groups is 1. The van der Waals surface area contributed by atoms with Crippen molar-refractivity contribution >= 4 is 11.9 Å². The van der Waals surface area contributed by atoms with Crippen LogP contribution in [0.15, 0.2) is 70.9 Å². The van der Waals surface area contributed by atoms with Crippen LogP contribution >= 0.6 is 0 Å². The summed E-state index contributed by atoms with van der Waals surface area (Å²) in [6, 6.07) is 14.2. The topological polar surface area (TPSA) is 53.9 Å². The molecule has 1 heterocycles. The fraction of sp³-hybridized carbons (Fsp3) is 0.360. The lowest BCUT2D eigenvalue weighted by molar-refractivity contribution is -0.138. The number of hydrogen-bond donors (Lipinski definition) is 1. The van der Waals surface area contributed by atoms with Crippen LogP contribution in [-0.4, -0.2) is 30.5 Å². The number of rotatable bonds is 6. The number of carbonyl (C=O) groups is 1. The number of nitrogens with one attached hydrogen (secondary N) is 1. The van der Waals surface area contributed by atoms with E-state index < -0.39 is 23.8 Å². The summed E-state index contributed by atoms with van der Waals surface area (Å²) in [4.78, 5) is 19.3. The van der Waals surface area contributed by atoms with Gasteiger partial charge in [0, 0.05) is 12.2 Å². The van der Waals surface area contributed by atoms with E-state index in [2.05, 4.69) is 5.32 Å². The Kier molecular flexibility index (Phi) is 6.44. The van der Waals surface area contributed by atoms with Gasteiger partial charge in [-0.2, -0.15) is 13.2 Å². The van der Waals surface area contributed by atoms with E-state index in [0.717, 1.165) is 30.5 Å². The summed E-state index contributed by atoms with van der Waals surface area (Å²) in [5.41, 5.74) is 1.63. The maximum absolute atomic E-state index is 13.2. The number of allylic oxidation sites excluding steroid dienone is 1. The van der Waals surface area contributed by atoms with E-state index >= 15 is 0 Å². The third-order valence-corrected chi connectivity index (χ3v) is 5.94. The molecule has 1 aliphatic heterocycles. The van der Waals surface area contributed by atoms with Crippen molar-refractivity contribution in [2.24, 2.45) is 10.9 Å². The molecule has 1 atom stereocenters. The van der Waals surface area contributed by atoms with Gasteiger partial charge in [0.1, 0.15) is 0 Å². The SMILES string of the molecule is COC(=O)C1=C(C)N(Cc2cccc(C(F)(F)F)c2)C(=NCC2CC2)NC1c1ccccc1. The second kappa shape index (κ2) is 9.29. The van der Waals surface area contributed by atoms with Crippen LogP contribution in [0.5, 0.6) is 0 Å². The Morgan fingerprint density at radius 2 is 1.88 bits per heavy atom. The molecule has 0 amide bonds. The number of alkyl halides is 3. The number of halogens is 3. The third-order valence-electron chi connectivity index (χ3n) is 5.94. The van der Waals surface area contributed by atoms with Crippen molar-refractivity contribution in [3.63, 3.8) is 0 Å². The maximum atomic E-state index is 13.2. The zero-order valence-corrected chi connectivity index (χ0v) is 18.5. The van der Waals surface area contributed by atoms with Crippen molar-refractivity contribution in [1.82, 2.24) is 10.2 Å². The molecule has 0 aromatic heterocycles. The van der Waals surface area contributed by atoms with E-state index in [-0.39, 0.29) is 6.54 Å². The predicted molar refractivity (Wildman–Crippen MR) is 119 cm³/mol. The lowest BCUT2D eigenvalue weighted by Crippen LogP contribution is -2.48. The second-order valence-corrected chi connectivity index (χ2v) is 8.37. The van der Waals surface area contributed by atoms with Gasteiger partial charge in [0.15, 0.2) is 5.96 Å². The normalized spacial score (nSPS) is 20.1. The smallest absolute Gasteiger partial charge is 0.416 e. The lowest BCUT2D eigenvalue weighted by Gasteiger charge is -2.38. The van der Waals surface area contributed by atoms with Crippen molar-refractivity contribution in [2.45, 2.75) is 38.5 Å². The van der Waals surface area contributed by atoms with E-state index in [1.54, 1.807) is 17.9 Å². The highest BCUT2D eigenvalue weighted by atomic mass is 19.4. The number of hydrogen-bond acceptors (Lipinski definition) is 3. The Balaban J connectivity index is 1.76. The van der Waals surface area contributed by atoms with Crippen LogP contribution in [-0.2, 0) is 22.3 Å². The molecular formula is C25H26F3N3O2. The Hall–Kier alpha value is -3.29. The van der Waals surface area contributed by atoms with Gasteiger partial charge in [0.25, 0.3) is 0 Å². The van der Waals surface area contributed by atoms with Crippen LogP contribution in [0.4, 0.5) is 13.2 Å². The Morgan fingerprint density at radius 1 is 1.15 bits per heavy atom. The van der Waals surface area contributed by atoms with Crippen LogP contribution in [0, 0.1) is 5.92 Å². The molecule has 1 aliphatic carbocycles. The van der Waals surface area contributed by atoms with E-state index in [1.165, 1.54) is 13.2 Å². The molecule has 2 aromatic rings. The molecule has 0 saturated heterocycles. The molecular weight excluding hydrogens is 431 g/mol. The highest BCUT2D eigenvalue weighted by Gasteiger charge is 2.36. The Morgan fingerprint density at radius 3 is 2.52 bits per heavy atom. The molecule has 174 valence electrons. The highest BCUT2D eigenvalue weighted by Crippen LogP contribution is 2.34. The summed E-state index contributed by atoms with van der Waals surface area (Å²) >= 11 is 0. The van der Waals surface area contributed by atoms with Gasteiger partial charge in [-0.15, -0.1) is 0 Å². The predicted octanol–water partition coefficient (Wildman–Crippen LogP) is 5.06. The number of esters is 1. The van der Waals surface area contributed by atoms with Gasteiger partial charge in [0.05, 0.1) is 30.8 Å². The van der Waals surface area contributed by atoms with Crippen LogP contribution in [0.2, 0.25) is 0 Å². The number of carbonyl (C=O) groups excluding carboxylic acids is 1. The quantitative estimate of drug-likeness (QED) is 0.616. The molecule has 8 heteroatoms. The molecule has 0 bridgehead atoms. The minimum absolute atomic E-state index is 0.133. The first kappa shape index (κ1) is 22.9. The second-order valence-electron chi connectivity index (χ2n) is 8.37. The molecule has 4 rings (SSSR count). The van der Waals surface area contributed by atoms with Crippen LogP contribution in [0.25, 0.3) is 0 Å². The lowest BCUT2D eigenvalue weighted by atomic mass is 9.94. The van der Waals surface area contributed by atoms with Gasteiger partial charge >= 0.3 is 12.1 Å². The van der Waals surface area contributed by atoms with Crippen LogP contribution in [0.1, 0.15) is 42.5 Å². The molecule has 1 saturated carbocycles. The molecule has 0 radical (unpaired) electrons. The van der Waals surface area contributed by atoms with Crippen molar-refractivity contribution in [2.75, 3.05) is 13.7 Å². The standard InChI is InChI=1S/C25H26F3N3O2/c1-16-21(23(32)33-2)22(19-8-4-3-5-9-19)30-24(29-14-17-11-12-17)31(16)15-18-7-6-10-20(13-18)25(26,27)28/h3-10,13,17,22H,11-12,14-15H2,1-2H3,(H,29,30). The third kappa shape index (κ3) is 5.21. The molecule has 33 heavy (non-hydrogen) atoms. The Bertz CT molecular complexity index is 1080. The largest absolute Gasteiger partial charge is 0.466 e. The number of benzene rings is 2. The summed E-state index contributed by atoms with van der Waals surface area (Å²) in [5, 5.41) is 3.36. The number of ether oxygens (including phenoxy) is 1. The van der Waals surface area contributed by atoms with Crippen LogP contribution < -0.4 is 5.32 Å². The fourth-order valence-electron chi connectivity index (χ4n) is 3.93. The molecule has 2 aliphatic rings. The molecule has 5 nitrogen and oxygen atoms in total. The van der Waals surface area contributed by atoms with E-state index in [1.807, 2.05) is 30.3 Å². The zero-order chi connectivity index (χ0) is 23.6. The number of nitrogens with zero attached hydrogens (tertiary/aromatic N) is 2. The molecule has 2 aromatic carbocycles. The van der Waals surface area contributed by atoms with Crippen molar-refractivity contribution in [1.29, 1.82) is 0 Å². The summed E-state index contributed by atoms with van der Waals surface area (Å²) in [6.45, 7) is 2.54. The average molecular weight is 457 g/mol. The molecule has 1 fully saturated rings. The molecule has 1 unspecified atom stereocenters. The van der Waals surface area contributed by atoms with Crippen LogP contribution in [0.3, 0.4) is 0 Å².